The highest BCUT2D eigenvalue weighted by molar-refractivity contribution is 5.94. The van der Waals surface area contributed by atoms with Gasteiger partial charge in [0.1, 0.15) is 5.82 Å². The Morgan fingerprint density at radius 2 is 1.84 bits per heavy atom. The lowest BCUT2D eigenvalue weighted by Crippen LogP contribution is -2.26. The molecule has 1 N–H and O–H groups in total. The molecule has 0 saturated heterocycles. The number of aromatic nitrogens is 3. The summed E-state index contributed by atoms with van der Waals surface area (Å²) in [5.41, 5.74) is 2.68. The summed E-state index contributed by atoms with van der Waals surface area (Å²) in [6.07, 6.45) is 8.43. The van der Waals surface area contributed by atoms with E-state index in [2.05, 4.69) is 10.3 Å². The Morgan fingerprint density at radius 3 is 2.72 bits per heavy atom. The highest BCUT2D eigenvalue weighted by Gasteiger charge is 2.08. The van der Waals surface area contributed by atoms with Gasteiger partial charge in [-0.1, -0.05) is 12.1 Å². The van der Waals surface area contributed by atoms with Crippen LogP contribution in [0.5, 0.6) is 0 Å². The van der Waals surface area contributed by atoms with Gasteiger partial charge in [0.05, 0.1) is 11.7 Å². The average molecular weight is 330 g/mol. The second-order valence-electron chi connectivity index (χ2n) is 5.82. The molecule has 1 amide bonds. The molecule has 0 saturated carbocycles. The summed E-state index contributed by atoms with van der Waals surface area (Å²) in [4.78, 5) is 16.8. The molecule has 0 aliphatic carbocycles. The number of fused-ring (bicyclic) bond motifs is 1. The fraction of sp³-hybridized carbons (Fsp3) is 0.100. The van der Waals surface area contributed by atoms with E-state index in [0.29, 0.717) is 18.5 Å². The molecule has 0 atom stereocenters. The summed E-state index contributed by atoms with van der Waals surface area (Å²) in [7, 11) is 0. The number of imidazole rings is 1. The van der Waals surface area contributed by atoms with Crippen molar-refractivity contribution >= 4 is 11.4 Å². The normalized spacial score (nSPS) is 10.9. The molecule has 0 spiro atoms. The summed E-state index contributed by atoms with van der Waals surface area (Å²) in [6, 6.07) is 17.5. The number of rotatable bonds is 5. The molecule has 5 nitrogen and oxygen atoms in total. The molecular formula is C20H18N4O. The van der Waals surface area contributed by atoms with Gasteiger partial charge in [0.25, 0.3) is 5.91 Å². The smallest absolute Gasteiger partial charge is 0.251 e. The lowest BCUT2D eigenvalue weighted by molar-refractivity contribution is 0.0954. The van der Waals surface area contributed by atoms with Gasteiger partial charge < -0.3 is 14.3 Å². The molecule has 0 radical (unpaired) electrons. The summed E-state index contributed by atoms with van der Waals surface area (Å²) < 4.78 is 4.02. The molecule has 4 aromatic rings. The average Bonchev–Trinajstić information content (AvgIpc) is 3.32. The van der Waals surface area contributed by atoms with E-state index in [1.165, 1.54) is 0 Å². The van der Waals surface area contributed by atoms with Gasteiger partial charge in [0.15, 0.2) is 0 Å². The lowest BCUT2D eigenvalue weighted by atomic mass is 10.2. The standard InChI is InChI=1S/C20H18N4O/c25-20(16-6-5-8-17(14-16)23-11-3-4-12-23)21-10-9-19-22-15-18-7-1-2-13-24(18)19/h1-8,11-15H,9-10H2,(H,21,25). The number of amides is 1. The Balaban J connectivity index is 1.42. The van der Waals surface area contributed by atoms with Gasteiger partial charge in [0, 0.05) is 42.8 Å². The first-order chi connectivity index (χ1) is 12.3. The largest absolute Gasteiger partial charge is 0.352 e. The minimum absolute atomic E-state index is 0.0742. The molecule has 5 heteroatoms. The van der Waals surface area contributed by atoms with Crippen LogP contribution in [0, 0.1) is 0 Å². The molecule has 0 aliphatic rings. The van der Waals surface area contributed by atoms with Crippen LogP contribution < -0.4 is 5.32 Å². The van der Waals surface area contributed by atoms with Crippen LogP contribution >= 0.6 is 0 Å². The highest BCUT2D eigenvalue weighted by atomic mass is 16.1. The SMILES string of the molecule is O=C(NCCc1ncc2ccccn12)c1cccc(-n2cccc2)c1. The van der Waals surface area contributed by atoms with Crippen LogP contribution in [0.4, 0.5) is 0 Å². The lowest BCUT2D eigenvalue weighted by Gasteiger charge is -2.08. The highest BCUT2D eigenvalue weighted by Crippen LogP contribution is 2.11. The fourth-order valence-electron chi connectivity index (χ4n) is 2.89. The van der Waals surface area contributed by atoms with Gasteiger partial charge in [-0.25, -0.2) is 4.98 Å². The van der Waals surface area contributed by atoms with Crippen molar-refractivity contribution in [3.8, 4) is 5.69 Å². The van der Waals surface area contributed by atoms with Gasteiger partial charge in [0.2, 0.25) is 0 Å². The quantitative estimate of drug-likeness (QED) is 0.611. The van der Waals surface area contributed by atoms with Crippen LogP contribution in [0.3, 0.4) is 0 Å². The number of pyridine rings is 1. The Bertz CT molecular complexity index is 1000. The Hall–Kier alpha value is -3.34. The van der Waals surface area contributed by atoms with Crippen LogP contribution in [0.25, 0.3) is 11.2 Å². The monoisotopic (exact) mass is 330 g/mol. The maximum Gasteiger partial charge on any atom is 0.251 e. The van der Waals surface area contributed by atoms with Crippen LogP contribution in [-0.2, 0) is 6.42 Å². The van der Waals surface area contributed by atoms with E-state index in [0.717, 1.165) is 17.0 Å². The Kier molecular flexibility index (Phi) is 4.04. The molecule has 4 rings (SSSR count). The Morgan fingerprint density at radius 1 is 1.00 bits per heavy atom. The van der Waals surface area contributed by atoms with Gasteiger partial charge in [-0.2, -0.15) is 0 Å². The predicted octanol–water partition coefficient (Wildman–Crippen LogP) is 3.10. The van der Waals surface area contributed by atoms with Crippen LogP contribution in [-0.4, -0.2) is 26.4 Å². The van der Waals surface area contributed by atoms with Crippen molar-refractivity contribution in [1.82, 2.24) is 19.3 Å². The summed E-state index contributed by atoms with van der Waals surface area (Å²) >= 11 is 0. The molecular weight excluding hydrogens is 312 g/mol. The maximum atomic E-state index is 12.4. The molecule has 0 aliphatic heterocycles. The number of nitrogens with zero attached hydrogens (tertiary/aromatic N) is 3. The molecule has 0 unspecified atom stereocenters. The van der Waals surface area contributed by atoms with E-state index in [4.69, 9.17) is 0 Å². The molecule has 25 heavy (non-hydrogen) atoms. The number of carbonyl (C=O) groups is 1. The van der Waals surface area contributed by atoms with Gasteiger partial charge in [-0.05, 0) is 42.5 Å². The number of hydrogen-bond acceptors (Lipinski definition) is 2. The van der Waals surface area contributed by atoms with Crippen LogP contribution in [0.1, 0.15) is 16.2 Å². The van der Waals surface area contributed by atoms with Gasteiger partial charge in [-0.15, -0.1) is 0 Å². The van der Waals surface area contributed by atoms with E-state index in [1.807, 2.05) is 88.4 Å². The van der Waals surface area contributed by atoms with Crippen molar-refractivity contribution in [2.45, 2.75) is 6.42 Å². The maximum absolute atomic E-state index is 12.4. The second kappa shape index (κ2) is 6.65. The number of nitrogens with one attached hydrogen (secondary N) is 1. The van der Waals surface area contributed by atoms with Crippen molar-refractivity contribution in [3.05, 3.63) is 90.8 Å². The number of hydrogen-bond donors (Lipinski definition) is 1. The molecule has 3 aromatic heterocycles. The third-order valence-electron chi connectivity index (χ3n) is 4.16. The first-order valence-corrected chi connectivity index (χ1v) is 8.24. The first kappa shape index (κ1) is 15.2. The molecule has 0 fully saturated rings. The Labute approximate surface area is 145 Å². The summed E-state index contributed by atoms with van der Waals surface area (Å²) in [5, 5.41) is 2.97. The van der Waals surface area contributed by atoms with E-state index in [1.54, 1.807) is 0 Å². The van der Waals surface area contributed by atoms with Crippen molar-refractivity contribution in [2.24, 2.45) is 0 Å². The third kappa shape index (κ3) is 3.17. The second-order valence-corrected chi connectivity index (χ2v) is 5.82. The van der Waals surface area contributed by atoms with Crippen molar-refractivity contribution < 1.29 is 4.79 Å². The van der Waals surface area contributed by atoms with E-state index >= 15 is 0 Å². The number of carbonyl (C=O) groups excluding carboxylic acids is 1. The van der Waals surface area contributed by atoms with Crippen LogP contribution in [0.15, 0.2) is 79.4 Å². The van der Waals surface area contributed by atoms with Crippen molar-refractivity contribution in [1.29, 1.82) is 0 Å². The first-order valence-electron chi connectivity index (χ1n) is 8.24. The van der Waals surface area contributed by atoms with Crippen molar-refractivity contribution in [3.63, 3.8) is 0 Å². The van der Waals surface area contributed by atoms with Crippen molar-refractivity contribution in [2.75, 3.05) is 6.54 Å². The summed E-state index contributed by atoms with van der Waals surface area (Å²) in [6.45, 7) is 0.542. The van der Waals surface area contributed by atoms with E-state index in [9.17, 15) is 4.79 Å². The minimum Gasteiger partial charge on any atom is -0.352 e. The molecule has 1 aromatic carbocycles. The number of benzene rings is 1. The predicted molar refractivity (Wildman–Crippen MR) is 97.0 cm³/mol. The molecule has 0 bridgehead atoms. The van der Waals surface area contributed by atoms with Gasteiger partial charge >= 0.3 is 0 Å². The van der Waals surface area contributed by atoms with Gasteiger partial charge in [-0.3, -0.25) is 4.79 Å². The van der Waals surface area contributed by atoms with E-state index < -0.39 is 0 Å². The molecule has 124 valence electrons. The van der Waals surface area contributed by atoms with E-state index in [-0.39, 0.29) is 5.91 Å². The zero-order valence-electron chi connectivity index (χ0n) is 13.7. The topological polar surface area (TPSA) is 51.3 Å². The fourth-order valence-corrected chi connectivity index (χ4v) is 2.89. The summed E-state index contributed by atoms with van der Waals surface area (Å²) in [5.74, 6) is 0.867. The molecule has 3 heterocycles. The zero-order chi connectivity index (χ0) is 17.1. The van der Waals surface area contributed by atoms with Crippen LogP contribution in [0.2, 0.25) is 0 Å². The third-order valence-corrected chi connectivity index (χ3v) is 4.16. The minimum atomic E-state index is -0.0742. The zero-order valence-corrected chi connectivity index (χ0v) is 13.7.